The normalized spacial score (nSPS) is 17.8. The number of likely N-dealkylation sites (N-methyl/N-ethyl adjacent to an activating group) is 6. The first-order valence-electron chi connectivity index (χ1n) is 33.4. The summed E-state index contributed by atoms with van der Waals surface area (Å²) in [7, 11) is 10.1. The summed E-state index contributed by atoms with van der Waals surface area (Å²) in [5, 5.41) is 14.8. The number of ether oxygens (including phenoxy) is 3. The summed E-state index contributed by atoms with van der Waals surface area (Å²) in [4.78, 5) is 180. The standard InChI is InChI=1S/C67H119N11O16/c1-26-28-31-42(13)56-55(60(83)71-48(27-2)67(90)91-25)78(94-56)66(89)53(41(11)12)76(23)64(87)51(36-39(7)8)75(22)63(86)50(35-38(5)6)74(21)62(85)45(16)70-57(80)43(14)69-58(81)49(34-37(3)4)73(20)65(88)52(40(9)10)72-59(82)54(77(24)61(84)44(15)68-19)46(17)92-32-29-30-33-93-47(18)79/h26,28,37-46,48-56,68H,27,29-36H2,1-25H3,(H,69,81)(H,70,80)(H,71,83)(H,72,82)/t42-,43+,44-,45-,46+,48+,49+,50+,51+,52+,53+,54+,55+,56-/m1/s1. The summed E-state index contributed by atoms with van der Waals surface area (Å²) < 4.78 is 16.0. The van der Waals surface area contributed by atoms with Gasteiger partial charge in [0.05, 0.1) is 25.9 Å². The second-order valence-electron chi connectivity index (χ2n) is 27.1. The van der Waals surface area contributed by atoms with E-state index >= 15 is 4.79 Å². The summed E-state index contributed by atoms with van der Waals surface area (Å²) in [6.07, 6.45) is 4.36. The average molecular weight is 1330 g/mol. The Kier molecular flexibility index (Phi) is 36.8. The Labute approximate surface area is 560 Å². The van der Waals surface area contributed by atoms with Crippen molar-refractivity contribution in [2.75, 3.05) is 62.6 Å². The van der Waals surface area contributed by atoms with Crippen molar-refractivity contribution in [2.45, 2.75) is 248 Å². The number of carbonyl (C=O) groups is 12. The van der Waals surface area contributed by atoms with E-state index in [4.69, 9.17) is 19.0 Å². The van der Waals surface area contributed by atoms with Crippen LogP contribution in [-0.2, 0) is 76.6 Å². The van der Waals surface area contributed by atoms with Gasteiger partial charge in [-0.05, 0) is 122 Å². The monoisotopic (exact) mass is 1330 g/mol. The molecule has 0 aromatic heterocycles. The first-order chi connectivity index (χ1) is 43.7. The van der Waals surface area contributed by atoms with E-state index in [-0.39, 0.29) is 62.6 Å². The van der Waals surface area contributed by atoms with E-state index in [0.717, 1.165) is 5.06 Å². The van der Waals surface area contributed by atoms with Gasteiger partial charge in [-0.3, -0.25) is 57.6 Å². The van der Waals surface area contributed by atoms with Gasteiger partial charge in [0.2, 0.25) is 53.2 Å². The average Bonchev–Trinajstić information content (AvgIpc) is 0.760. The molecule has 1 rings (SSSR count). The fourth-order valence-electron chi connectivity index (χ4n) is 11.2. The van der Waals surface area contributed by atoms with E-state index in [2.05, 4.69) is 26.6 Å². The molecule has 1 saturated heterocycles. The van der Waals surface area contributed by atoms with Gasteiger partial charge in [-0.25, -0.2) is 9.86 Å². The summed E-state index contributed by atoms with van der Waals surface area (Å²) in [6, 6.07) is -12.4. The Morgan fingerprint density at radius 3 is 1.51 bits per heavy atom. The molecule has 1 fully saturated rings. The molecule has 27 nitrogen and oxygen atoms in total. The summed E-state index contributed by atoms with van der Waals surface area (Å²) in [5.74, 6) is -9.09. The molecule has 0 bridgehead atoms. The van der Waals surface area contributed by atoms with Crippen LogP contribution < -0.4 is 26.6 Å². The molecule has 0 aromatic carbocycles. The summed E-state index contributed by atoms with van der Waals surface area (Å²) in [5.41, 5.74) is 0. The van der Waals surface area contributed by atoms with E-state index in [0.29, 0.717) is 19.3 Å². The van der Waals surface area contributed by atoms with Crippen molar-refractivity contribution < 1.29 is 76.6 Å². The Morgan fingerprint density at radius 1 is 0.553 bits per heavy atom. The molecular weight excluding hydrogens is 1210 g/mol. The molecule has 94 heavy (non-hydrogen) atoms. The lowest BCUT2D eigenvalue weighted by Gasteiger charge is -2.50. The lowest BCUT2D eigenvalue weighted by molar-refractivity contribution is -0.321. The van der Waals surface area contributed by atoms with Crippen LogP contribution in [0.15, 0.2) is 12.2 Å². The van der Waals surface area contributed by atoms with Gasteiger partial charge >= 0.3 is 11.9 Å². The van der Waals surface area contributed by atoms with Crippen molar-refractivity contribution in [3.63, 3.8) is 0 Å². The molecule has 0 spiro atoms. The van der Waals surface area contributed by atoms with Crippen molar-refractivity contribution >= 4 is 71.0 Å². The Hall–Kier alpha value is -6.74. The number of hydroxylamine groups is 2. The van der Waals surface area contributed by atoms with Gasteiger partial charge < -0.3 is 65.3 Å². The maximum absolute atomic E-state index is 15.0. The van der Waals surface area contributed by atoms with Crippen molar-refractivity contribution in [2.24, 2.45) is 35.5 Å². The third-order valence-corrected chi connectivity index (χ3v) is 17.1. The highest BCUT2D eigenvalue weighted by Gasteiger charge is 2.54. The number of esters is 2. The molecule has 0 aromatic rings. The van der Waals surface area contributed by atoms with Crippen LogP contribution in [0.25, 0.3) is 0 Å². The second-order valence-corrected chi connectivity index (χ2v) is 27.1. The number of nitrogens with one attached hydrogen (secondary N) is 5. The third-order valence-electron chi connectivity index (χ3n) is 17.1. The molecule has 1 aliphatic rings. The quantitative estimate of drug-likeness (QED) is 0.0332. The van der Waals surface area contributed by atoms with Gasteiger partial charge in [-0.15, -0.1) is 0 Å². The van der Waals surface area contributed by atoms with Crippen LogP contribution in [0.5, 0.6) is 0 Å². The Bertz CT molecular complexity index is 2560. The van der Waals surface area contributed by atoms with Crippen LogP contribution in [0.4, 0.5) is 0 Å². The maximum Gasteiger partial charge on any atom is 0.328 e. The van der Waals surface area contributed by atoms with Crippen LogP contribution in [0.1, 0.15) is 170 Å². The number of carbonyl (C=O) groups excluding carboxylic acids is 12. The molecule has 27 heteroatoms. The van der Waals surface area contributed by atoms with E-state index in [1.54, 1.807) is 55.5 Å². The number of methoxy groups -OCH3 is 1. The SMILES string of the molecule is CC=CC[C@@H](C)[C@H]1ON(C(=O)[C@H](C(C)C)N(C)C(=O)[C@H](CC(C)C)N(C)C(=O)[C@H](CC(C)C)N(C)C(=O)[C@@H](C)NC(=O)[C@H](C)NC(=O)[C@H](CC(C)C)N(C)C(=O)[C@@H](NC(=O)[C@H]([C@H](C)OCCCCOC(C)=O)N(C)C(=O)[C@@H](C)NC)C(C)C)[C@@H]1C(=O)N[C@@H](CC)C(=O)OC. The molecule has 1 aliphatic heterocycles. The lowest BCUT2D eigenvalue weighted by Crippen LogP contribution is -2.71. The van der Waals surface area contributed by atoms with Crippen molar-refractivity contribution in [1.29, 1.82) is 0 Å². The number of rotatable bonds is 40. The molecule has 0 aliphatic carbocycles. The van der Waals surface area contributed by atoms with Gasteiger partial charge in [0.1, 0.15) is 60.5 Å². The van der Waals surface area contributed by atoms with Crippen molar-refractivity contribution in [3.8, 4) is 0 Å². The zero-order chi connectivity index (χ0) is 72.5. The van der Waals surface area contributed by atoms with Gasteiger partial charge in [0.25, 0.3) is 5.91 Å². The molecule has 0 unspecified atom stereocenters. The van der Waals surface area contributed by atoms with E-state index in [1.165, 1.54) is 87.6 Å². The maximum atomic E-state index is 15.0. The fraction of sp³-hybridized carbons (Fsp3) is 0.791. The lowest BCUT2D eigenvalue weighted by atomic mass is 9.90. The Morgan fingerprint density at radius 2 is 1.03 bits per heavy atom. The predicted octanol–water partition coefficient (Wildman–Crippen LogP) is 3.60. The number of unbranched alkanes of at least 4 members (excludes halogenated alkanes) is 1. The highest BCUT2D eigenvalue weighted by Crippen LogP contribution is 2.34. The highest BCUT2D eigenvalue weighted by atomic mass is 16.7. The van der Waals surface area contributed by atoms with Crippen LogP contribution >= 0.6 is 0 Å². The molecule has 10 amide bonds. The van der Waals surface area contributed by atoms with Gasteiger partial charge in [0.15, 0.2) is 6.04 Å². The fourth-order valence-corrected chi connectivity index (χ4v) is 11.2. The van der Waals surface area contributed by atoms with Crippen LogP contribution in [0.2, 0.25) is 0 Å². The summed E-state index contributed by atoms with van der Waals surface area (Å²) >= 11 is 0. The number of amides is 10. The minimum absolute atomic E-state index is 0.145. The zero-order valence-corrected chi connectivity index (χ0v) is 61.2. The topological polar surface area (TPSA) is 321 Å². The minimum atomic E-state index is -1.26. The molecule has 0 radical (unpaired) electrons. The van der Waals surface area contributed by atoms with Crippen molar-refractivity contribution in [3.05, 3.63) is 12.2 Å². The predicted molar refractivity (Wildman–Crippen MR) is 356 cm³/mol. The van der Waals surface area contributed by atoms with Crippen LogP contribution in [-0.4, -0.2) is 242 Å². The first-order valence-corrected chi connectivity index (χ1v) is 33.4. The van der Waals surface area contributed by atoms with Gasteiger partial charge in [0, 0.05) is 48.8 Å². The first kappa shape index (κ1) is 85.3. The van der Waals surface area contributed by atoms with E-state index in [9.17, 15) is 52.7 Å². The largest absolute Gasteiger partial charge is 0.467 e. The van der Waals surface area contributed by atoms with Gasteiger partial charge in [-0.2, -0.15) is 0 Å². The molecule has 5 N–H and O–H groups in total. The molecule has 538 valence electrons. The van der Waals surface area contributed by atoms with Crippen LogP contribution in [0, 0.1) is 35.5 Å². The van der Waals surface area contributed by atoms with E-state index < -0.39 is 162 Å². The molecule has 14 atom stereocenters. The molecular formula is C67H119N11O16. The number of allylic oxidation sites excluding steroid dienone is 2. The minimum Gasteiger partial charge on any atom is -0.467 e. The Balaban J connectivity index is 3.52. The van der Waals surface area contributed by atoms with Crippen molar-refractivity contribution in [1.82, 2.24) is 56.1 Å². The molecule has 0 saturated carbocycles. The number of nitrogens with zero attached hydrogens (tertiary/aromatic N) is 6. The number of hydrogen-bond acceptors (Lipinski definition) is 17. The summed E-state index contributed by atoms with van der Waals surface area (Å²) in [6.45, 7) is 31.4. The third kappa shape index (κ3) is 24.8. The smallest absolute Gasteiger partial charge is 0.328 e. The van der Waals surface area contributed by atoms with Gasteiger partial charge in [-0.1, -0.05) is 95.2 Å². The molecule has 1 heterocycles. The number of hydrogen-bond donors (Lipinski definition) is 5. The van der Waals surface area contributed by atoms with Crippen LogP contribution in [0.3, 0.4) is 0 Å². The highest BCUT2D eigenvalue weighted by molar-refractivity contribution is 5.99. The second kappa shape index (κ2) is 40.6. The van der Waals surface area contributed by atoms with E-state index in [1.807, 2.05) is 67.5 Å². The zero-order valence-electron chi connectivity index (χ0n) is 61.2.